The van der Waals surface area contributed by atoms with E-state index in [0.717, 1.165) is 39.0 Å². The third-order valence-corrected chi connectivity index (χ3v) is 3.55. The molecule has 2 N–H and O–H groups in total. The zero-order valence-electron chi connectivity index (χ0n) is 12.6. The molecule has 0 aliphatic carbocycles. The van der Waals surface area contributed by atoms with E-state index < -0.39 is 0 Å². The van der Waals surface area contributed by atoms with E-state index in [2.05, 4.69) is 48.9 Å². The lowest BCUT2D eigenvalue weighted by molar-refractivity contribution is 0.0733. The summed E-state index contributed by atoms with van der Waals surface area (Å²) in [4.78, 5) is 0. The average molecular weight is 274 g/mol. The van der Waals surface area contributed by atoms with E-state index in [9.17, 15) is 0 Å². The summed E-state index contributed by atoms with van der Waals surface area (Å²) in [6.45, 7) is 6.60. The van der Waals surface area contributed by atoms with Crippen molar-refractivity contribution in [2.24, 2.45) is 5.73 Å². The third kappa shape index (κ3) is 3.84. The number of nitrogens with zero attached hydrogens (tertiary/aromatic N) is 1. The van der Waals surface area contributed by atoms with Gasteiger partial charge in [-0.05, 0) is 51.3 Å². The summed E-state index contributed by atoms with van der Waals surface area (Å²) in [5, 5.41) is 1.37. The number of rotatable bonds is 8. The molecule has 1 aromatic carbocycles. The van der Waals surface area contributed by atoms with Crippen LogP contribution in [0.4, 0.5) is 0 Å². The van der Waals surface area contributed by atoms with Gasteiger partial charge in [0.15, 0.2) is 0 Å². The minimum absolute atomic E-state index is 0.292. The highest BCUT2D eigenvalue weighted by Gasteiger charge is 2.07. The van der Waals surface area contributed by atoms with Crippen LogP contribution in [-0.2, 0) is 17.7 Å². The van der Waals surface area contributed by atoms with Crippen molar-refractivity contribution < 1.29 is 4.74 Å². The number of benzene rings is 1. The predicted molar refractivity (Wildman–Crippen MR) is 85.0 cm³/mol. The highest BCUT2D eigenvalue weighted by Crippen LogP contribution is 2.22. The molecule has 0 fully saturated rings. The summed E-state index contributed by atoms with van der Waals surface area (Å²) in [5.41, 5.74) is 8.32. The highest BCUT2D eigenvalue weighted by atomic mass is 16.5. The van der Waals surface area contributed by atoms with Crippen molar-refractivity contribution in [2.75, 3.05) is 13.2 Å². The van der Waals surface area contributed by atoms with Crippen LogP contribution in [0.2, 0.25) is 0 Å². The molecule has 110 valence electrons. The number of aryl methyl sites for hydroxylation is 1. The first-order valence-corrected chi connectivity index (χ1v) is 7.60. The Bertz CT molecular complexity index is 531. The van der Waals surface area contributed by atoms with Gasteiger partial charge in [-0.2, -0.15) is 0 Å². The number of hydrogen-bond donors (Lipinski definition) is 1. The minimum atomic E-state index is 0.292. The Morgan fingerprint density at radius 2 is 2.00 bits per heavy atom. The van der Waals surface area contributed by atoms with Crippen molar-refractivity contribution in [1.82, 2.24) is 4.57 Å². The van der Waals surface area contributed by atoms with Crippen LogP contribution in [-0.4, -0.2) is 23.8 Å². The molecule has 2 rings (SSSR count). The fraction of sp³-hybridized carbons (Fsp3) is 0.529. The lowest BCUT2D eigenvalue weighted by Crippen LogP contribution is -2.09. The predicted octanol–water partition coefficient (Wildman–Crippen LogP) is 3.35. The van der Waals surface area contributed by atoms with Crippen LogP contribution in [0.5, 0.6) is 0 Å². The molecule has 20 heavy (non-hydrogen) atoms. The molecule has 0 saturated carbocycles. The van der Waals surface area contributed by atoms with Gasteiger partial charge in [-0.3, -0.25) is 0 Å². The molecule has 0 aliphatic heterocycles. The quantitative estimate of drug-likeness (QED) is 0.750. The van der Waals surface area contributed by atoms with E-state index >= 15 is 0 Å². The van der Waals surface area contributed by atoms with Crippen molar-refractivity contribution in [1.29, 1.82) is 0 Å². The second-order valence-corrected chi connectivity index (χ2v) is 5.53. The average Bonchev–Trinajstić information content (AvgIpc) is 2.78. The normalized spacial score (nSPS) is 11.6. The molecule has 0 amide bonds. The fourth-order valence-corrected chi connectivity index (χ4v) is 2.55. The van der Waals surface area contributed by atoms with Gasteiger partial charge in [0.05, 0.1) is 12.7 Å². The maximum atomic E-state index is 5.67. The van der Waals surface area contributed by atoms with Crippen LogP contribution >= 0.6 is 0 Å². The van der Waals surface area contributed by atoms with E-state index in [1.807, 2.05) is 0 Å². The molecule has 0 aliphatic rings. The van der Waals surface area contributed by atoms with Crippen molar-refractivity contribution >= 4 is 10.9 Å². The molecule has 2 aromatic rings. The van der Waals surface area contributed by atoms with Crippen LogP contribution in [0, 0.1) is 0 Å². The molecule has 0 saturated heterocycles. The first kappa shape index (κ1) is 15.1. The number of hydrogen-bond acceptors (Lipinski definition) is 2. The van der Waals surface area contributed by atoms with Crippen LogP contribution in [0.25, 0.3) is 10.9 Å². The van der Waals surface area contributed by atoms with Crippen LogP contribution in [0.1, 0.15) is 32.3 Å². The summed E-state index contributed by atoms with van der Waals surface area (Å²) in [5.74, 6) is 0. The van der Waals surface area contributed by atoms with Crippen molar-refractivity contribution in [3.8, 4) is 0 Å². The number of fused-ring (bicyclic) bond motifs is 1. The number of unbranched alkanes of at least 4 members (excludes halogenated alkanes) is 1. The monoisotopic (exact) mass is 274 g/mol. The Kier molecular flexibility index (Phi) is 5.62. The van der Waals surface area contributed by atoms with Crippen molar-refractivity contribution in [3.05, 3.63) is 36.0 Å². The highest BCUT2D eigenvalue weighted by molar-refractivity contribution is 5.83. The molecule has 3 heteroatoms. The number of ether oxygens (including phenoxy) is 1. The smallest absolute Gasteiger partial charge is 0.0649 e. The largest absolute Gasteiger partial charge is 0.377 e. The van der Waals surface area contributed by atoms with Gasteiger partial charge >= 0.3 is 0 Å². The molecule has 1 heterocycles. The van der Waals surface area contributed by atoms with Gasteiger partial charge in [-0.25, -0.2) is 0 Å². The van der Waals surface area contributed by atoms with E-state index in [-0.39, 0.29) is 0 Å². The SMILES string of the molecule is CC(C)OCCn1cc(CCCCN)c2ccccc21. The zero-order chi connectivity index (χ0) is 14.4. The third-order valence-electron chi connectivity index (χ3n) is 3.55. The fourth-order valence-electron chi connectivity index (χ4n) is 2.55. The van der Waals surface area contributed by atoms with Gasteiger partial charge in [0.2, 0.25) is 0 Å². The van der Waals surface area contributed by atoms with Crippen LogP contribution in [0.3, 0.4) is 0 Å². The summed E-state index contributed by atoms with van der Waals surface area (Å²) < 4.78 is 7.98. The topological polar surface area (TPSA) is 40.2 Å². The maximum absolute atomic E-state index is 5.67. The molecule has 1 aromatic heterocycles. The van der Waals surface area contributed by atoms with Gasteiger partial charge in [-0.15, -0.1) is 0 Å². The van der Waals surface area contributed by atoms with E-state index in [1.54, 1.807) is 0 Å². The molecule has 0 bridgehead atoms. The van der Waals surface area contributed by atoms with Crippen LogP contribution in [0.15, 0.2) is 30.5 Å². The molecule has 0 spiro atoms. The van der Waals surface area contributed by atoms with E-state index in [0.29, 0.717) is 6.10 Å². The molecule has 0 radical (unpaired) electrons. The Hall–Kier alpha value is -1.32. The number of aromatic nitrogens is 1. The van der Waals surface area contributed by atoms with Gasteiger partial charge < -0.3 is 15.0 Å². The second-order valence-electron chi connectivity index (χ2n) is 5.53. The Morgan fingerprint density at radius 3 is 2.75 bits per heavy atom. The van der Waals surface area contributed by atoms with Gasteiger partial charge in [0, 0.05) is 23.6 Å². The molecule has 0 atom stereocenters. The van der Waals surface area contributed by atoms with Gasteiger partial charge in [0.25, 0.3) is 0 Å². The lowest BCUT2D eigenvalue weighted by atomic mass is 10.1. The lowest BCUT2D eigenvalue weighted by Gasteiger charge is -2.09. The first-order valence-electron chi connectivity index (χ1n) is 7.60. The zero-order valence-corrected chi connectivity index (χ0v) is 12.6. The molecule has 0 unspecified atom stereocenters. The summed E-state index contributed by atoms with van der Waals surface area (Å²) in [6, 6.07) is 8.62. The second kappa shape index (κ2) is 7.46. The summed E-state index contributed by atoms with van der Waals surface area (Å²) >= 11 is 0. The number of nitrogens with two attached hydrogens (primary N) is 1. The van der Waals surface area contributed by atoms with E-state index in [4.69, 9.17) is 10.5 Å². The van der Waals surface area contributed by atoms with Gasteiger partial charge in [0.1, 0.15) is 0 Å². The maximum Gasteiger partial charge on any atom is 0.0649 e. The van der Waals surface area contributed by atoms with Crippen molar-refractivity contribution in [3.63, 3.8) is 0 Å². The first-order chi connectivity index (χ1) is 9.72. The van der Waals surface area contributed by atoms with Crippen LogP contribution < -0.4 is 5.73 Å². The van der Waals surface area contributed by atoms with E-state index in [1.165, 1.54) is 16.5 Å². The molecular formula is C17H26N2O. The Labute approximate surface area is 121 Å². The molecule has 3 nitrogen and oxygen atoms in total. The summed E-state index contributed by atoms with van der Waals surface area (Å²) in [7, 11) is 0. The summed E-state index contributed by atoms with van der Waals surface area (Å²) in [6.07, 6.45) is 5.93. The number of para-hydroxylation sites is 1. The minimum Gasteiger partial charge on any atom is -0.377 e. The Morgan fingerprint density at radius 1 is 1.20 bits per heavy atom. The van der Waals surface area contributed by atoms with Crippen molar-refractivity contribution in [2.45, 2.75) is 45.8 Å². The Balaban J connectivity index is 2.13. The van der Waals surface area contributed by atoms with Gasteiger partial charge in [-0.1, -0.05) is 18.2 Å². The standard InChI is InChI=1S/C17H26N2O/c1-14(2)20-12-11-19-13-15(7-5-6-10-18)16-8-3-4-9-17(16)19/h3-4,8-9,13-14H,5-7,10-12,18H2,1-2H3. The molecular weight excluding hydrogens is 248 g/mol.